The molecule has 1 amide bonds. The van der Waals surface area contributed by atoms with Gasteiger partial charge in [-0.25, -0.2) is 0 Å². The first-order valence-electron chi connectivity index (χ1n) is 9.30. The lowest BCUT2D eigenvalue weighted by Gasteiger charge is -2.15. The van der Waals surface area contributed by atoms with E-state index in [0.717, 1.165) is 22.7 Å². The molecule has 0 saturated carbocycles. The molecule has 0 spiro atoms. The van der Waals surface area contributed by atoms with Gasteiger partial charge in [0, 0.05) is 29.7 Å². The third-order valence-corrected chi connectivity index (χ3v) is 4.49. The van der Waals surface area contributed by atoms with Crippen molar-refractivity contribution in [2.45, 2.75) is 26.3 Å². The minimum Gasteiger partial charge on any atom is -0.496 e. The number of benzene rings is 2. The van der Waals surface area contributed by atoms with Crippen LogP contribution in [-0.4, -0.2) is 18.0 Å². The van der Waals surface area contributed by atoms with Gasteiger partial charge in [0.1, 0.15) is 11.4 Å². The maximum atomic E-state index is 12.6. The topological polar surface area (TPSA) is 63.2 Å². The molecule has 0 aliphatic heterocycles. The maximum absolute atomic E-state index is 12.6. The highest BCUT2D eigenvalue weighted by molar-refractivity contribution is 5.93. The Morgan fingerprint density at radius 1 is 1.07 bits per heavy atom. The van der Waals surface area contributed by atoms with Gasteiger partial charge >= 0.3 is 0 Å². The Morgan fingerprint density at radius 2 is 1.82 bits per heavy atom. The highest BCUT2D eigenvalue weighted by Gasteiger charge is 2.11. The molecular weight excluding hydrogens is 350 g/mol. The van der Waals surface area contributed by atoms with Crippen LogP contribution in [-0.2, 0) is 6.54 Å². The fraction of sp³-hybridized carbons (Fsp3) is 0.217. The average molecular weight is 375 g/mol. The number of pyridine rings is 1. The number of nitrogens with one attached hydrogen (secondary N) is 2. The minimum atomic E-state index is -0.230. The average Bonchev–Trinajstić information content (AvgIpc) is 2.72. The van der Waals surface area contributed by atoms with Crippen molar-refractivity contribution < 1.29 is 9.53 Å². The van der Waals surface area contributed by atoms with Gasteiger partial charge < -0.3 is 15.4 Å². The smallest absolute Gasteiger partial charge is 0.270 e. The van der Waals surface area contributed by atoms with Gasteiger partial charge in [0.05, 0.1) is 7.11 Å². The van der Waals surface area contributed by atoms with Gasteiger partial charge in [-0.05, 0) is 35.7 Å². The van der Waals surface area contributed by atoms with Crippen molar-refractivity contribution in [3.8, 4) is 5.75 Å². The van der Waals surface area contributed by atoms with E-state index in [2.05, 4.69) is 35.5 Å². The van der Waals surface area contributed by atoms with Gasteiger partial charge in [-0.15, -0.1) is 0 Å². The summed E-state index contributed by atoms with van der Waals surface area (Å²) in [5.41, 5.74) is 4.36. The van der Waals surface area contributed by atoms with E-state index in [1.807, 2.05) is 48.5 Å². The van der Waals surface area contributed by atoms with E-state index >= 15 is 0 Å². The fourth-order valence-electron chi connectivity index (χ4n) is 3.02. The molecule has 0 unspecified atom stereocenters. The van der Waals surface area contributed by atoms with Crippen LogP contribution in [0.1, 0.15) is 41.4 Å². The first-order valence-corrected chi connectivity index (χ1v) is 9.30. The number of amides is 1. The number of anilines is 2. The number of rotatable bonds is 7. The number of para-hydroxylation sites is 2. The highest BCUT2D eigenvalue weighted by atomic mass is 16.5. The second-order valence-corrected chi connectivity index (χ2v) is 6.79. The summed E-state index contributed by atoms with van der Waals surface area (Å²) in [6.07, 6.45) is 1.64. The molecular formula is C23H25N3O2. The molecule has 3 rings (SSSR count). The third-order valence-electron chi connectivity index (χ3n) is 4.49. The van der Waals surface area contributed by atoms with Gasteiger partial charge in [-0.1, -0.05) is 50.2 Å². The zero-order valence-electron chi connectivity index (χ0n) is 16.4. The maximum Gasteiger partial charge on any atom is 0.270 e. The summed E-state index contributed by atoms with van der Waals surface area (Å²) < 4.78 is 5.32. The summed E-state index contributed by atoms with van der Waals surface area (Å²) in [6.45, 7) is 4.69. The molecule has 0 aliphatic carbocycles. The van der Waals surface area contributed by atoms with Crippen LogP contribution in [0.3, 0.4) is 0 Å². The van der Waals surface area contributed by atoms with Crippen molar-refractivity contribution in [1.29, 1.82) is 0 Å². The summed E-state index contributed by atoms with van der Waals surface area (Å²) in [6, 6.07) is 19.4. The van der Waals surface area contributed by atoms with Crippen LogP contribution >= 0.6 is 0 Å². The number of methoxy groups -OCH3 is 1. The van der Waals surface area contributed by atoms with Crippen LogP contribution in [0.2, 0.25) is 0 Å². The Bertz CT molecular complexity index is 954. The predicted octanol–water partition coefficient (Wildman–Crippen LogP) is 4.89. The van der Waals surface area contributed by atoms with Crippen LogP contribution in [0.25, 0.3) is 0 Å². The predicted molar refractivity (Wildman–Crippen MR) is 112 cm³/mol. The molecule has 1 aromatic heterocycles. The van der Waals surface area contributed by atoms with E-state index in [4.69, 9.17) is 4.74 Å². The van der Waals surface area contributed by atoms with Gasteiger partial charge in [-0.3, -0.25) is 9.78 Å². The normalized spacial score (nSPS) is 10.6. The van der Waals surface area contributed by atoms with E-state index in [1.54, 1.807) is 19.4 Å². The zero-order chi connectivity index (χ0) is 19.9. The highest BCUT2D eigenvalue weighted by Crippen LogP contribution is 2.27. The number of nitrogens with zero attached hydrogens (tertiary/aromatic N) is 1. The van der Waals surface area contributed by atoms with Crippen molar-refractivity contribution in [1.82, 2.24) is 10.3 Å². The lowest BCUT2D eigenvalue weighted by molar-refractivity contribution is 0.0945. The molecule has 2 N–H and O–H groups in total. The van der Waals surface area contributed by atoms with Crippen LogP contribution in [0.5, 0.6) is 5.75 Å². The van der Waals surface area contributed by atoms with Crippen molar-refractivity contribution >= 4 is 17.3 Å². The van der Waals surface area contributed by atoms with Crippen LogP contribution in [0, 0.1) is 0 Å². The van der Waals surface area contributed by atoms with Gasteiger partial charge in [0.15, 0.2) is 0 Å². The summed E-state index contributed by atoms with van der Waals surface area (Å²) in [5.74, 6) is 0.914. The number of carbonyl (C=O) groups is 1. The Balaban J connectivity index is 1.72. The summed E-state index contributed by atoms with van der Waals surface area (Å²) >= 11 is 0. The first kappa shape index (κ1) is 19.4. The second-order valence-electron chi connectivity index (χ2n) is 6.79. The van der Waals surface area contributed by atoms with Crippen molar-refractivity contribution in [2.24, 2.45) is 0 Å². The second kappa shape index (κ2) is 9.04. The van der Waals surface area contributed by atoms with Crippen LogP contribution in [0.4, 0.5) is 11.4 Å². The Morgan fingerprint density at radius 3 is 2.61 bits per heavy atom. The molecule has 5 heteroatoms. The summed E-state index contributed by atoms with van der Waals surface area (Å²) in [5, 5.41) is 6.30. The molecule has 0 saturated heterocycles. The van der Waals surface area contributed by atoms with Gasteiger partial charge in [-0.2, -0.15) is 0 Å². The van der Waals surface area contributed by atoms with E-state index < -0.39 is 0 Å². The standard InChI is InChI=1S/C23H25N3O2/c1-16(2)19-9-5-6-10-20(19)26-18-12-13-24-21(14-18)23(27)25-15-17-8-4-7-11-22(17)28-3/h4-14,16H,15H2,1-3H3,(H,24,26)(H,25,27). The monoisotopic (exact) mass is 375 g/mol. The molecule has 28 heavy (non-hydrogen) atoms. The van der Waals surface area contributed by atoms with E-state index in [1.165, 1.54) is 5.56 Å². The van der Waals surface area contributed by atoms with Gasteiger partial charge in [0.2, 0.25) is 0 Å². The first-order chi connectivity index (χ1) is 13.6. The van der Waals surface area contributed by atoms with Crippen molar-refractivity contribution in [3.05, 3.63) is 83.7 Å². The molecule has 144 valence electrons. The SMILES string of the molecule is COc1ccccc1CNC(=O)c1cc(Nc2ccccc2C(C)C)ccn1. The number of hydrogen-bond donors (Lipinski definition) is 2. The van der Waals surface area contributed by atoms with E-state index in [-0.39, 0.29) is 5.91 Å². The molecule has 0 radical (unpaired) electrons. The Labute approximate surface area is 165 Å². The number of ether oxygens (including phenoxy) is 1. The Kier molecular flexibility index (Phi) is 6.27. The molecule has 0 atom stereocenters. The Hall–Kier alpha value is -3.34. The summed E-state index contributed by atoms with van der Waals surface area (Å²) in [4.78, 5) is 16.8. The van der Waals surface area contributed by atoms with Crippen molar-refractivity contribution in [3.63, 3.8) is 0 Å². The minimum absolute atomic E-state index is 0.230. The lowest BCUT2D eigenvalue weighted by Crippen LogP contribution is -2.24. The van der Waals surface area contributed by atoms with Gasteiger partial charge in [0.25, 0.3) is 5.91 Å². The lowest BCUT2D eigenvalue weighted by atomic mass is 10.0. The molecule has 0 fully saturated rings. The van der Waals surface area contributed by atoms with Crippen LogP contribution < -0.4 is 15.4 Å². The number of carbonyl (C=O) groups excluding carboxylic acids is 1. The van der Waals surface area contributed by atoms with Crippen LogP contribution in [0.15, 0.2) is 66.9 Å². The number of hydrogen-bond acceptors (Lipinski definition) is 4. The quantitative estimate of drug-likeness (QED) is 0.617. The largest absolute Gasteiger partial charge is 0.496 e. The molecule has 2 aromatic carbocycles. The van der Waals surface area contributed by atoms with E-state index in [0.29, 0.717) is 18.2 Å². The molecule has 3 aromatic rings. The summed E-state index contributed by atoms with van der Waals surface area (Å²) in [7, 11) is 1.62. The number of aromatic nitrogens is 1. The molecule has 0 aliphatic rings. The zero-order valence-corrected chi connectivity index (χ0v) is 16.4. The van der Waals surface area contributed by atoms with Crippen molar-refractivity contribution in [2.75, 3.05) is 12.4 Å². The fourth-order valence-corrected chi connectivity index (χ4v) is 3.02. The molecule has 1 heterocycles. The third kappa shape index (κ3) is 4.68. The molecule has 0 bridgehead atoms. The molecule has 5 nitrogen and oxygen atoms in total. The van der Waals surface area contributed by atoms with E-state index in [9.17, 15) is 4.79 Å².